The molecule has 4 N–H and O–H groups in total. The summed E-state index contributed by atoms with van der Waals surface area (Å²) in [6.07, 6.45) is -2.38. The van der Waals surface area contributed by atoms with Crippen LogP contribution in [0, 0.1) is 0 Å². The third-order valence-electron chi connectivity index (χ3n) is 12.0. The summed E-state index contributed by atoms with van der Waals surface area (Å²) >= 11 is 0. The molecule has 2 aliphatic carbocycles. The molecule has 2 heterocycles. The number of amides is 2. The largest absolute Gasteiger partial charge is 2.00 e. The SMILES string of the molecule is CC(C)(C)OC(=O)C1CC([NH-])(C(=O)O)CN1C(=O)OCC1c2ccccc2-c2ccccc21.CC(C)(C)OC(=O)C1CC([NH-])(C(=O)O)CN1C(=O)OCC1c2ccccc2-c2ccccc21.[Cu+2]. The van der Waals surface area contributed by atoms with E-state index in [1.807, 2.05) is 97.1 Å². The van der Waals surface area contributed by atoms with Gasteiger partial charge in [-0.05, 0) is 110 Å². The molecule has 8 rings (SSSR count). The zero-order valence-corrected chi connectivity index (χ0v) is 38.9. The van der Waals surface area contributed by atoms with Crippen LogP contribution in [0.3, 0.4) is 0 Å². The van der Waals surface area contributed by atoms with Crippen molar-refractivity contribution >= 4 is 36.1 Å². The van der Waals surface area contributed by atoms with Crippen LogP contribution >= 0.6 is 0 Å². The number of hydrogen-bond donors (Lipinski definition) is 2. The van der Waals surface area contributed by atoms with E-state index < -0.39 is 83.5 Å². The average molecular weight is 967 g/mol. The van der Waals surface area contributed by atoms with Crippen LogP contribution in [0.15, 0.2) is 97.1 Å². The van der Waals surface area contributed by atoms with Gasteiger partial charge in [-0.15, -0.1) is 0 Å². The molecule has 1 radical (unpaired) electrons. The normalized spacial score (nSPS) is 21.6. The Morgan fingerprint density at radius 1 is 0.537 bits per heavy atom. The van der Waals surface area contributed by atoms with Gasteiger partial charge in [0.15, 0.2) is 0 Å². The summed E-state index contributed by atoms with van der Waals surface area (Å²) in [5, 5.41) is 19.0. The summed E-state index contributed by atoms with van der Waals surface area (Å²) < 4.78 is 22.0. The molecule has 2 amide bonds. The molecule has 4 aromatic carbocycles. The second-order valence-electron chi connectivity index (χ2n) is 19.1. The Morgan fingerprint density at radius 3 is 1.06 bits per heavy atom. The predicted octanol–water partition coefficient (Wildman–Crippen LogP) is 8.45. The Kier molecular flexibility index (Phi) is 14.3. The van der Waals surface area contributed by atoms with Crippen LogP contribution in [0.4, 0.5) is 9.59 Å². The van der Waals surface area contributed by atoms with Crippen molar-refractivity contribution in [1.82, 2.24) is 9.80 Å². The summed E-state index contributed by atoms with van der Waals surface area (Å²) in [6.45, 7) is 9.25. The van der Waals surface area contributed by atoms with Crippen LogP contribution in [-0.2, 0) is 55.2 Å². The molecule has 4 unspecified atom stereocenters. The number of hydrogen-bond acceptors (Lipinski definition) is 10. The average Bonchev–Trinajstić information content (AvgIpc) is 4.00. The van der Waals surface area contributed by atoms with Gasteiger partial charge in [0.2, 0.25) is 0 Å². The van der Waals surface area contributed by atoms with E-state index in [1.54, 1.807) is 41.5 Å². The van der Waals surface area contributed by atoms with Crippen molar-refractivity contribution in [3.63, 3.8) is 0 Å². The van der Waals surface area contributed by atoms with Gasteiger partial charge in [0, 0.05) is 24.9 Å². The van der Waals surface area contributed by atoms with Crippen LogP contribution in [0.2, 0.25) is 0 Å². The zero-order valence-electron chi connectivity index (χ0n) is 38.0. The molecule has 357 valence electrons. The molecule has 16 nitrogen and oxygen atoms in total. The molecule has 4 aromatic rings. The van der Waals surface area contributed by atoms with Crippen LogP contribution in [0.1, 0.15) is 88.5 Å². The number of likely N-dealkylation sites (tertiary alicyclic amines) is 2. The fourth-order valence-corrected chi connectivity index (χ4v) is 9.02. The molecule has 0 aromatic heterocycles. The van der Waals surface area contributed by atoms with E-state index in [9.17, 15) is 39.0 Å². The van der Waals surface area contributed by atoms with Gasteiger partial charge < -0.3 is 40.6 Å². The number of nitrogens with one attached hydrogen (secondary N) is 2. The molecule has 17 heteroatoms. The van der Waals surface area contributed by atoms with E-state index in [-0.39, 0.29) is 55.0 Å². The number of carboxylic acid groups (broad SMARTS) is 2. The van der Waals surface area contributed by atoms with Crippen LogP contribution in [0.5, 0.6) is 0 Å². The van der Waals surface area contributed by atoms with Gasteiger partial charge in [-0.3, -0.25) is 19.4 Å². The summed E-state index contributed by atoms with van der Waals surface area (Å²) in [6, 6.07) is 29.2. The number of ether oxygens (including phenoxy) is 4. The number of nitrogens with zero attached hydrogens (tertiary/aromatic N) is 2. The fraction of sp³-hybridized carbons (Fsp3) is 0.400. The van der Waals surface area contributed by atoms with Crippen molar-refractivity contribution in [3.05, 3.63) is 131 Å². The zero-order chi connectivity index (χ0) is 47.9. The summed E-state index contributed by atoms with van der Waals surface area (Å²) in [5.41, 5.74) is 19.3. The van der Waals surface area contributed by atoms with Crippen LogP contribution < -0.4 is 0 Å². The maximum Gasteiger partial charge on any atom is 2.00 e. The molecule has 4 atom stereocenters. The monoisotopic (exact) mass is 965 g/mol. The first kappa shape index (κ1) is 50.2. The maximum atomic E-state index is 13.0. The van der Waals surface area contributed by atoms with Crippen molar-refractivity contribution in [1.29, 1.82) is 0 Å². The molecular weight excluding hydrogens is 912 g/mol. The van der Waals surface area contributed by atoms with Gasteiger partial charge in [0.1, 0.15) is 36.5 Å². The Hall–Kier alpha value is -6.26. The standard InChI is InChI=1S/2C25H27N2O6.Cu/c2*1-24(2,3)33-21(28)20-12-25(26,22(29)30)14-27(20)23(31)32-13-19-17-10-6-4-8-15(17)16-9-5-7-11-18(16)19;/h2*4-11,19-20,26H,12-14H2,1-3H3,(H,29,30);/q2*-1;+2. The number of carbonyl (C=O) groups excluding carboxylic acids is 4. The second kappa shape index (κ2) is 19.2. The van der Waals surface area contributed by atoms with Gasteiger partial charge in [0.05, 0.1) is 0 Å². The molecule has 2 fully saturated rings. The summed E-state index contributed by atoms with van der Waals surface area (Å²) in [5.74, 6) is -4.64. The van der Waals surface area contributed by atoms with Crippen molar-refractivity contribution in [2.75, 3.05) is 26.3 Å². The van der Waals surface area contributed by atoms with Crippen molar-refractivity contribution < 1.29 is 75.0 Å². The van der Waals surface area contributed by atoms with E-state index in [2.05, 4.69) is 0 Å². The Morgan fingerprint density at radius 2 is 0.806 bits per heavy atom. The smallest absolute Gasteiger partial charge is 0.661 e. The number of carbonyl (C=O) groups is 6. The van der Waals surface area contributed by atoms with Crippen molar-refractivity contribution in [3.8, 4) is 22.3 Å². The van der Waals surface area contributed by atoms with Gasteiger partial charge in [0.25, 0.3) is 11.9 Å². The first-order valence-corrected chi connectivity index (χ1v) is 21.7. The van der Waals surface area contributed by atoms with Gasteiger partial charge in [-0.2, -0.15) is 0 Å². The molecule has 67 heavy (non-hydrogen) atoms. The minimum Gasteiger partial charge on any atom is -0.661 e. The number of fused-ring (bicyclic) bond motifs is 6. The third kappa shape index (κ3) is 10.5. The second-order valence-corrected chi connectivity index (χ2v) is 19.1. The topological polar surface area (TPSA) is 234 Å². The molecule has 2 saturated heterocycles. The number of rotatable bonds is 8. The minimum atomic E-state index is -2.01. The van der Waals surface area contributed by atoms with E-state index in [4.69, 9.17) is 30.4 Å². The molecule has 0 saturated carbocycles. The van der Waals surface area contributed by atoms with E-state index in [1.165, 1.54) is 0 Å². The first-order chi connectivity index (χ1) is 31.0. The Balaban J connectivity index is 0.000000218. The van der Waals surface area contributed by atoms with E-state index in [0.29, 0.717) is 0 Å². The number of benzene rings is 4. The van der Waals surface area contributed by atoms with E-state index in [0.717, 1.165) is 54.3 Å². The molecule has 4 aliphatic rings. The third-order valence-corrected chi connectivity index (χ3v) is 12.0. The molecule has 0 spiro atoms. The van der Waals surface area contributed by atoms with E-state index >= 15 is 0 Å². The summed E-state index contributed by atoms with van der Waals surface area (Å²) in [7, 11) is 0. The van der Waals surface area contributed by atoms with Crippen LogP contribution in [0.25, 0.3) is 33.7 Å². The predicted molar refractivity (Wildman–Crippen MR) is 241 cm³/mol. The quantitative estimate of drug-likeness (QED) is 0.0962. The molecule has 2 aliphatic heterocycles. The van der Waals surface area contributed by atoms with Crippen molar-refractivity contribution in [2.45, 2.75) is 101 Å². The van der Waals surface area contributed by atoms with Gasteiger partial charge >= 0.3 is 41.2 Å². The summed E-state index contributed by atoms with van der Waals surface area (Å²) in [4.78, 5) is 76.9. The molecular formula is C50H54CuN4O12. The van der Waals surface area contributed by atoms with Gasteiger partial charge in [-0.1, -0.05) is 97.1 Å². The fourth-order valence-electron chi connectivity index (χ4n) is 9.02. The van der Waals surface area contributed by atoms with Gasteiger partial charge in [-0.25, -0.2) is 19.2 Å². The Labute approximate surface area is 399 Å². The number of esters is 2. The minimum absolute atomic E-state index is 0. The molecule has 0 bridgehead atoms. The number of aliphatic carboxylic acids is 2. The number of carboxylic acids is 2. The Bertz CT molecular complexity index is 2310. The van der Waals surface area contributed by atoms with Crippen molar-refractivity contribution in [2.24, 2.45) is 0 Å². The van der Waals surface area contributed by atoms with Crippen LogP contribution in [-0.4, -0.2) is 117 Å². The maximum absolute atomic E-state index is 13.0. The first-order valence-electron chi connectivity index (χ1n) is 21.7.